The van der Waals surface area contributed by atoms with Gasteiger partial charge in [0, 0.05) is 62.5 Å². The van der Waals surface area contributed by atoms with Crippen molar-refractivity contribution >= 4 is 42.9 Å². The van der Waals surface area contributed by atoms with Crippen molar-refractivity contribution in [2.45, 2.75) is 43.3 Å². The third kappa shape index (κ3) is 4.34. The topological polar surface area (TPSA) is 87.4 Å². The Labute approximate surface area is 214 Å². The number of fused-ring (bicyclic) bond motifs is 2. The summed E-state index contributed by atoms with van der Waals surface area (Å²) in [6.07, 6.45) is 3.23. The van der Waals surface area contributed by atoms with Gasteiger partial charge < -0.3 is 23.8 Å². The first kappa shape index (κ1) is 24.6. The first-order valence-corrected chi connectivity index (χ1v) is 12.4. The van der Waals surface area contributed by atoms with Crippen LogP contribution < -0.4 is 24.7 Å². The predicted octanol–water partition coefficient (Wildman–Crippen LogP) is -1.80. The molecular weight excluding hydrogens is 456 g/mol. The van der Waals surface area contributed by atoms with Crippen molar-refractivity contribution in [2.75, 3.05) is 25.1 Å². The third-order valence-electron chi connectivity index (χ3n) is 7.50. The lowest BCUT2D eigenvalue weighted by Crippen LogP contribution is -2.65. The number of hydrogen-bond acceptors (Lipinski definition) is 8. The van der Waals surface area contributed by atoms with Gasteiger partial charge in [0.15, 0.2) is 23.0 Å². The minimum atomic E-state index is -0.464. The number of rotatable bonds is 5. The van der Waals surface area contributed by atoms with Crippen molar-refractivity contribution in [3.63, 3.8) is 0 Å². The highest BCUT2D eigenvalue weighted by molar-refractivity contribution is 6.53. The molecule has 184 valence electrons. The quantitative estimate of drug-likeness (QED) is 0.392. The second-order valence-corrected chi connectivity index (χ2v) is 10.5. The Morgan fingerprint density at radius 2 is 1.78 bits per heavy atom. The van der Waals surface area contributed by atoms with Crippen molar-refractivity contribution in [3.8, 4) is 17.2 Å². The van der Waals surface area contributed by atoms with E-state index in [4.69, 9.17) is 18.9 Å². The van der Waals surface area contributed by atoms with E-state index in [2.05, 4.69) is 15.0 Å². The van der Waals surface area contributed by atoms with E-state index in [1.807, 2.05) is 56.5 Å². The normalized spacial score (nSPS) is 18.8. The maximum absolute atomic E-state index is 12.5. The van der Waals surface area contributed by atoms with E-state index in [0.29, 0.717) is 18.0 Å². The largest absolute Gasteiger partial charge is 0.499 e. The highest BCUT2D eigenvalue weighted by Crippen LogP contribution is 2.41. The molecular formula is C23H30B4N4O5. The maximum atomic E-state index is 12.5. The van der Waals surface area contributed by atoms with Crippen LogP contribution >= 0.6 is 0 Å². The van der Waals surface area contributed by atoms with Crippen LogP contribution in [0.2, 0.25) is 0 Å². The maximum Gasteiger partial charge on any atom is 0.274 e. The lowest BCUT2D eigenvalue weighted by Gasteiger charge is -2.47. The van der Waals surface area contributed by atoms with Crippen LogP contribution in [0.4, 0.5) is 5.82 Å². The van der Waals surface area contributed by atoms with E-state index in [1.165, 1.54) is 16.8 Å². The van der Waals surface area contributed by atoms with Gasteiger partial charge in [0.1, 0.15) is 43.2 Å². The molecule has 1 fully saturated rings. The molecule has 0 radical (unpaired) electrons. The summed E-state index contributed by atoms with van der Waals surface area (Å²) in [5.41, 5.74) is 2.18. The molecule has 0 aliphatic carbocycles. The molecule has 0 N–H and O–H groups in total. The van der Waals surface area contributed by atoms with E-state index in [0.717, 1.165) is 54.4 Å². The fourth-order valence-electron chi connectivity index (χ4n) is 4.69. The fourth-order valence-corrected chi connectivity index (χ4v) is 4.69. The number of ether oxygens (including phenoxy) is 4. The molecule has 0 amide bonds. The van der Waals surface area contributed by atoms with Crippen molar-refractivity contribution in [3.05, 3.63) is 51.9 Å². The molecule has 2 aliphatic rings. The molecule has 5 rings (SSSR count). The molecule has 36 heavy (non-hydrogen) atoms. The van der Waals surface area contributed by atoms with Crippen LogP contribution in [0.3, 0.4) is 0 Å². The van der Waals surface area contributed by atoms with Gasteiger partial charge in [0.2, 0.25) is 0 Å². The highest BCUT2D eigenvalue weighted by atomic mass is 16.6. The minimum absolute atomic E-state index is 0.0665. The summed E-state index contributed by atoms with van der Waals surface area (Å²) in [5, 5.41) is 3.76. The van der Waals surface area contributed by atoms with Crippen molar-refractivity contribution in [1.82, 2.24) is 14.6 Å². The smallest absolute Gasteiger partial charge is 0.274 e. The van der Waals surface area contributed by atoms with Crippen LogP contribution in [-0.4, -0.2) is 83.1 Å². The van der Waals surface area contributed by atoms with E-state index in [1.54, 1.807) is 7.11 Å². The Balaban J connectivity index is 1.31. The number of anilines is 1. The van der Waals surface area contributed by atoms with Crippen LogP contribution in [0.25, 0.3) is 5.65 Å². The highest BCUT2D eigenvalue weighted by Gasteiger charge is 2.44. The van der Waals surface area contributed by atoms with E-state index in [-0.39, 0.29) is 11.7 Å². The summed E-state index contributed by atoms with van der Waals surface area (Å²) in [6.45, 7) is 3.89. The standard InChI is InChI=1S/C23H30B4N4O5/c1-13-16(12-33-2)21-28-8-5-19(32)31(21)29-20(13)30-9-6-14(7-10-30)34-15-3-4-17-18(11-15)36-23(26,27)22(24,25)35-17/h3-5,8,11,14H,6-7,9-10,12,24-27H2,1-2H3. The summed E-state index contributed by atoms with van der Waals surface area (Å²) >= 11 is 0. The molecule has 0 unspecified atom stereocenters. The van der Waals surface area contributed by atoms with Crippen LogP contribution in [0, 0.1) is 6.92 Å². The van der Waals surface area contributed by atoms with Crippen LogP contribution in [0.1, 0.15) is 24.0 Å². The second-order valence-electron chi connectivity index (χ2n) is 10.5. The molecule has 9 nitrogen and oxygen atoms in total. The lowest BCUT2D eigenvalue weighted by atomic mass is 9.41. The summed E-state index contributed by atoms with van der Waals surface area (Å²) in [4.78, 5) is 19.1. The number of nitrogens with zero attached hydrogens (tertiary/aromatic N) is 4. The van der Waals surface area contributed by atoms with E-state index >= 15 is 0 Å². The summed E-state index contributed by atoms with van der Waals surface area (Å²) in [7, 11) is 9.77. The van der Waals surface area contributed by atoms with Gasteiger partial charge in [-0.2, -0.15) is 4.52 Å². The van der Waals surface area contributed by atoms with Gasteiger partial charge in [-0.05, 0) is 19.1 Å². The van der Waals surface area contributed by atoms with Crippen molar-refractivity contribution < 1.29 is 18.9 Å². The molecule has 2 aliphatic heterocycles. The van der Waals surface area contributed by atoms with E-state index in [9.17, 15) is 4.79 Å². The molecule has 0 atom stereocenters. The van der Waals surface area contributed by atoms with Gasteiger partial charge >= 0.3 is 0 Å². The summed E-state index contributed by atoms with van der Waals surface area (Å²) in [5.74, 6) is 2.99. The number of aromatic nitrogens is 3. The number of benzene rings is 1. The van der Waals surface area contributed by atoms with Crippen LogP contribution in [-0.2, 0) is 11.3 Å². The number of piperidine rings is 1. The number of methoxy groups -OCH3 is 1. The molecule has 2 aromatic heterocycles. The Hall–Kier alpha value is -3.07. The summed E-state index contributed by atoms with van der Waals surface area (Å²) in [6, 6.07) is 7.20. The van der Waals surface area contributed by atoms with E-state index < -0.39 is 10.8 Å². The predicted molar refractivity (Wildman–Crippen MR) is 148 cm³/mol. The molecule has 1 aromatic carbocycles. The van der Waals surface area contributed by atoms with Gasteiger partial charge in [-0.25, -0.2) is 4.98 Å². The molecule has 1 saturated heterocycles. The fraction of sp³-hybridized carbons (Fsp3) is 0.435. The van der Waals surface area contributed by atoms with Crippen LogP contribution in [0.15, 0.2) is 35.3 Å². The lowest BCUT2D eigenvalue weighted by molar-refractivity contribution is 0.0609. The van der Waals surface area contributed by atoms with Gasteiger partial charge in [-0.1, -0.05) is 0 Å². The molecule has 3 aromatic rings. The van der Waals surface area contributed by atoms with Gasteiger partial charge in [-0.15, -0.1) is 5.10 Å². The third-order valence-corrected chi connectivity index (χ3v) is 7.50. The van der Waals surface area contributed by atoms with Gasteiger partial charge in [0.25, 0.3) is 5.56 Å². The first-order valence-electron chi connectivity index (χ1n) is 12.4. The molecule has 13 heteroatoms. The van der Waals surface area contributed by atoms with Crippen molar-refractivity contribution in [1.29, 1.82) is 0 Å². The van der Waals surface area contributed by atoms with Gasteiger partial charge in [0.05, 0.1) is 17.4 Å². The zero-order chi connectivity index (χ0) is 25.7. The SMILES string of the molecule is BC1(B)Oc2ccc(OC3CCN(c4nn5c(=O)ccnc5c(COC)c4C)CC3)cc2OC1(B)B. The number of hydrogen-bond donors (Lipinski definition) is 0. The van der Waals surface area contributed by atoms with Crippen molar-refractivity contribution in [2.24, 2.45) is 0 Å². The Bertz CT molecular complexity index is 1360. The van der Waals surface area contributed by atoms with Crippen LogP contribution in [0.5, 0.6) is 17.2 Å². The monoisotopic (exact) mass is 486 g/mol. The molecule has 0 saturated carbocycles. The second kappa shape index (κ2) is 9.10. The molecule has 4 heterocycles. The average molecular weight is 486 g/mol. The first-order chi connectivity index (χ1) is 17.1. The minimum Gasteiger partial charge on any atom is -0.499 e. The zero-order valence-corrected chi connectivity index (χ0v) is 21.8. The summed E-state index contributed by atoms with van der Waals surface area (Å²) < 4.78 is 25.6. The Morgan fingerprint density at radius 1 is 1.08 bits per heavy atom. The zero-order valence-electron chi connectivity index (χ0n) is 21.8. The Kier molecular flexibility index (Phi) is 6.22. The van der Waals surface area contributed by atoms with Gasteiger partial charge in [-0.3, -0.25) is 4.79 Å². The Morgan fingerprint density at radius 3 is 2.47 bits per heavy atom. The molecule has 0 bridgehead atoms. The molecule has 0 spiro atoms. The average Bonchev–Trinajstić information content (AvgIpc) is 2.82.